The maximum atomic E-state index is 10.9. The van der Waals surface area contributed by atoms with Crippen molar-refractivity contribution in [3.8, 4) is 0 Å². The number of nitrogens with zero attached hydrogens (tertiary/aromatic N) is 3. The normalized spacial score (nSPS) is 15.5. The summed E-state index contributed by atoms with van der Waals surface area (Å²) >= 11 is 0. The fourth-order valence-electron chi connectivity index (χ4n) is 1.92. The highest BCUT2D eigenvalue weighted by atomic mass is 16.6. The number of hydrogen-bond acceptors (Lipinski definition) is 4. The Morgan fingerprint density at radius 2 is 2.25 bits per heavy atom. The SMILES string of the molecule is Nc1cccc2c([N+](=O)[O-])nc(C3CC3)n12. The average molecular weight is 218 g/mol. The highest BCUT2D eigenvalue weighted by molar-refractivity contribution is 5.66. The van der Waals surface area contributed by atoms with E-state index in [2.05, 4.69) is 4.98 Å². The van der Waals surface area contributed by atoms with Crippen LogP contribution in [-0.4, -0.2) is 14.3 Å². The summed E-state index contributed by atoms with van der Waals surface area (Å²) in [6.45, 7) is 0. The molecule has 0 aliphatic heterocycles. The van der Waals surface area contributed by atoms with Gasteiger partial charge in [0.15, 0.2) is 0 Å². The van der Waals surface area contributed by atoms with Crippen LogP contribution in [0.4, 0.5) is 11.6 Å². The molecule has 82 valence electrons. The number of aromatic nitrogens is 2. The first-order valence-electron chi connectivity index (χ1n) is 5.09. The second-order valence-corrected chi connectivity index (χ2v) is 4.00. The van der Waals surface area contributed by atoms with Gasteiger partial charge in [-0.05, 0) is 34.9 Å². The van der Waals surface area contributed by atoms with Gasteiger partial charge in [-0.3, -0.25) is 4.40 Å². The van der Waals surface area contributed by atoms with Crippen LogP contribution in [0, 0.1) is 10.1 Å². The van der Waals surface area contributed by atoms with Crippen molar-refractivity contribution in [2.45, 2.75) is 18.8 Å². The molecule has 0 bridgehead atoms. The van der Waals surface area contributed by atoms with Crippen LogP contribution in [0.3, 0.4) is 0 Å². The maximum Gasteiger partial charge on any atom is 0.389 e. The van der Waals surface area contributed by atoms with Crippen LogP contribution in [-0.2, 0) is 0 Å². The zero-order valence-corrected chi connectivity index (χ0v) is 8.46. The van der Waals surface area contributed by atoms with Gasteiger partial charge in [-0.15, -0.1) is 0 Å². The molecule has 0 saturated heterocycles. The molecule has 6 nitrogen and oxygen atoms in total. The highest BCUT2D eigenvalue weighted by Crippen LogP contribution is 2.41. The Morgan fingerprint density at radius 1 is 1.50 bits per heavy atom. The first-order chi connectivity index (χ1) is 7.68. The molecule has 1 aliphatic rings. The van der Waals surface area contributed by atoms with Crippen LogP contribution in [0.15, 0.2) is 18.2 Å². The Hall–Kier alpha value is -2.11. The van der Waals surface area contributed by atoms with Crippen molar-refractivity contribution in [1.82, 2.24) is 9.38 Å². The predicted octanol–water partition coefficient (Wildman–Crippen LogP) is 1.70. The fraction of sp³-hybridized carbons (Fsp3) is 0.300. The molecule has 2 heterocycles. The third-order valence-electron chi connectivity index (χ3n) is 2.81. The van der Waals surface area contributed by atoms with Gasteiger partial charge < -0.3 is 15.8 Å². The van der Waals surface area contributed by atoms with E-state index in [-0.39, 0.29) is 5.82 Å². The largest absolute Gasteiger partial charge is 0.389 e. The molecule has 2 aromatic rings. The third kappa shape index (κ3) is 1.16. The van der Waals surface area contributed by atoms with Gasteiger partial charge >= 0.3 is 5.82 Å². The average Bonchev–Trinajstić information content (AvgIpc) is 2.99. The van der Waals surface area contributed by atoms with Crippen LogP contribution in [0.25, 0.3) is 5.52 Å². The number of imidazole rings is 1. The van der Waals surface area contributed by atoms with Gasteiger partial charge in [-0.2, -0.15) is 0 Å². The van der Waals surface area contributed by atoms with E-state index in [9.17, 15) is 10.1 Å². The molecule has 0 unspecified atom stereocenters. The van der Waals surface area contributed by atoms with Crippen LogP contribution >= 0.6 is 0 Å². The minimum Gasteiger partial charge on any atom is -0.385 e. The van der Waals surface area contributed by atoms with Crippen molar-refractivity contribution in [1.29, 1.82) is 0 Å². The Kier molecular flexibility index (Phi) is 1.68. The highest BCUT2D eigenvalue weighted by Gasteiger charge is 2.35. The molecule has 1 saturated carbocycles. The number of pyridine rings is 1. The number of nitrogen functional groups attached to an aromatic ring is 1. The molecule has 0 radical (unpaired) electrons. The number of hydrogen-bond donors (Lipinski definition) is 1. The molecule has 6 heteroatoms. The monoisotopic (exact) mass is 218 g/mol. The Labute approximate surface area is 90.9 Å². The molecule has 2 N–H and O–H groups in total. The molecule has 3 rings (SSSR count). The van der Waals surface area contributed by atoms with Gasteiger partial charge in [0.25, 0.3) is 0 Å². The van der Waals surface area contributed by atoms with Gasteiger partial charge in [0.1, 0.15) is 11.3 Å². The zero-order chi connectivity index (χ0) is 11.3. The summed E-state index contributed by atoms with van der Waals surface area (Å²) in [4.78, 5) is 14.5. The van der Waals surface area contributed by atoms with E-state index >= 15 is 0 Å². The topological polar surface area (TPSA) is 86.5 Å². The zero-order valence-electron chi connectivity index (χ0n) is 8.46. The first-order valence-corrected chi connectivity index (χ1v) is 5.09. The molecule has 1 fully saturated rings. The van der Waals surface area contributed by atoms with Gasteiger partial charge in [-0.25, -0.2) is 0 Å². The summed E-state index contributed by atoms with van der Waals surface area (Å²) in [7, 11) is 0. The lowest BCUT2D eigenvalue weighted by atomic mass is 10.3. The predicted molar refractivity (Wildman–Crippen MR) is 58.2 cm³/mol. The number of rotatable bonds is 2. The second-order valence-electron chi connectivity index (χ2n) is 4.00. The van der Waals surface area contributed by atoms with E-state index < -0.39 is 4.92 Å². The summed E-state index contributed by atoms with van der Waals surface area (Å²) in [5, 5.41) is 10.9. The van der Waals surface area contributed by atoms with Gasteiger partial charge in [0.05, 0.1) is 0 Å². The second kappa shape index (κ2) is 2.94. The summed E-state index contributed by atoms with van der Waals surface area (Å²) in [6.07, 6.45) is 2.06. The van der Waals surface area contributed by atoms with Crippen molar-refractivity contribution in [3.05, 3.63) is 34.1 Å². The molecule has 0 atom stereocenters. The minimum absolute atomic E-state index is 0.103. The van der Waals surface area contributed by atoms with Crippen LogP contribution in [0.5, 0.6) is 0 Å². The van der Waals surface area contributed by atoms with E-state index in [0.29, 0.717) is 17.3 Å². The number of anilines is 1. The molecule has 1 aliphatic carbocycles. The Balaban J connectivity index is 2.37. The standard InChI is InChI=1S/C10H10N4O2/c11-8-3-1-2-7-10(14(15)16)12-9(13(7)8)6-4-5-6/h1-3,6H,4-5,11H2. The smallest absolute Gasteiger partial charge is 0.385 e. The molecule has 0 amide bonds. The summed E-state index contributed by atoms with van der Waals surface area (Å²) in [5.74, 6) is 1.44. The number of fused-ring (bicyclic) bond motifs is 1. The molecular weight excluding hydrogens is 208 g/mol. The van der Waals surface area contributed by atoms with Crippen molar-refractivity contribution in [3.63, 3.8) is 0 Å². The summed E-state index contributed by atoms with van der Waals surface area (Å²) < 4.78 is 1.69. The number of nitrogens with two attached hydrogens (primary N) is 1. The molecule has 16 heavy (non-hydrogen) atoms. The fourth-order valence-corrected chi connectivity index (χ4v) is 1.92. The molecule has 2 aromatic heterocycles. The van der Waals surface area contributed by atoms with Gasteiger partial charge in [-0.1, -0.05) is 6.07 Å². The summed E-state index contributed by atoms with van der Waals surface area (Å²) in [5.41, 5.74) is 6.32. The Morgan fingerprint density at radius 3 is 2.88 bits per heavy atom. The van der Waals surface area contributed by atoms with Crippen molar-refractivity contribution >= 4 is 17.2 Å². The lowest BCUT2D eigenvalue weighted by molar-refractivity contribution is -0.387. The van der Waals surface area contributed by atoms with E-state index in [0.717, 1.165) is 18.7 Å². The van der Waals surface area contributed by atoms with E-state index in [1.165, 1.54) is 0 Å². The van der Waals surface area contributed by atoms with Gasteiger partial charge in [0.2, 0.25) is 5.82 Å². The maximum absolute atomic E-state index is 10.9. The molecule has 0 spiro atoms. The number of nitro groups is 1. The quantitative estimate of drug-likeness (QED) is 0.614. The van der Waals surface area contributed by atoms with Crippen molar-refractivity contribution in [2.24, 2.45) is 0 Å². The van der Waals surface area contributed by atoms with Crippen LogP contribution < -0.4 is 5.73 Å². The van der Waals surface area contributed by atoms with Crippen molar-refractivity contribution in [2.75, 3.05) is 5.73 Å². The summed E-state index contributed by atoms with van der Waals surface area (Å²) in [6, 6.07) is 5.10. The lowest BCUT2D eigenvalue weighted by Gasteiger charge is -1.99. The third-order valence-corrected chi connectivity index (χ3v) is 2.81. The lowest BCUT2D eigenvalue weighted by Crippen LogP contribution is -1.99. The molecule has 0 aromatic carbocycles. The molecular formula is C10H10N4O2. The Bertz CT molecular complexity index is 586. The van der Waals surface area contributed by atoms with E-state index in [4.69, 9.17) is 5.73 Å². The van der Waals surface area contributed by atoms with E-state index in [1.54, 1.807) is 22.6 Å². The van der Waals surface area contributed by atoms with Gasteiger partial charge in [0, 0.05) is 5.92 Å². The van der Waals surface area contributed by atoms with E-state index in [1.807, 2.05) is 0 Å². The van der Waals surface area contributed by atoms with Crippen molar-refractivity contribution < 1.29 is 4.92 Å². The van der Waals surface area contributed by atoms with Crippen LogP contribution in [0.2, 0.25) is 0 Å². The first kappa shape index (κ1) is 9.14. The van der Waals surface area contributed by atoms with Crippen LogP contribution in [0.1, 0.15) is 24.6 Å². The minimum atomic E-state index is -0.458.